The third kappa shape index (κ3) is 4.90. The lowest BCUT2D eigenvalue weighted by atomic mass is 9.94. The molecule has 0 bridgehead atoms. The Morgan fingerprint density at radius 3 is 2.56 bits per heavy atom. The molecule has 39 heavy (non-hydrogen) atoms. The first kappa shape index (κ1) is 26.5. The van der Waals surface area contributed by atoms with Crippen molar-refractivity contribution in [3.8, 4) is 5.75 Å². The van der Waals surface area contributed by atoms with E-state index < -0.39 is 29.4 Å². The third-order valence-corrected chi connectivity index (χ3v) is 7.43. The van der Waals surface area contributed by atoms with Gasteiger partial charge in [0.25, 0.3) is 5.78 Å². The molecule has 0 radical (unpaired) electrons. The number of fused-ring (bicyclic) bond motifs is 1. The van der Waals surface area contributed by atoms with Gasteiger partial charge < -0.3 is 9.84 Å². The molecule has 5 rings (SSSR count). The number of ketones is 1. The van der Waals surface area contributed by atoms with Crippen LogP contribution in [0.1, 0.15) is 42.1 Å². The normalized spacial score (nSPS) is 17.0. The minimum atomic E-state index is -1.03. The van der Waals surface area contributed by atoms with Crippen molar-refractivity contribution in [3.05, 3.63) is 94.1 Å². The van der Waals surface area contributed by atoms with Gasteiger partial charge in [-0.3, -0.25) is 14.5 Å². The standard InChI is InChI=1S/C30H26F2N2O4S/c1-15(2)14-38-22-9-8-19(11-17(22)4)27(35)24-26(18-7-5-6-16(3)10-18)34(29(37)28(24)36)30-33-25-21(32)12-20(31)13-23(25)39-30/h5-13,15,26,35H,14H2,1-4H3/b27-24+. The number of carbonyl (C=O) groups is 2. The monoisotopic (exact) mass is 548 g/mol. The number of carbonyl (C=O) groups excluding carboxylic acids is 2. The lowest BCUT2D eigenvalue weighted by Crippen LogP contribution is -2.29. The van der Waals surface area contributed by atoms with Crippen molar-refractivity contribution in [2.24, 2.45) is 5.92 Å². The molecule has 200 valence electrons. The van der Waals surface area contributed by atoms with Gasteiger partial charge in [0.1, 0.15) is 22.8 Å². The smallest absolute Gasteiger partial charge is 0.301 e. The molecule has 0 aliphatic carbocycles. The SMILES string of the molecule is Cc1cccc(C2/C(=C(\O)c3ccc(OCC(C)C)c(C)c3)C(=O)C(=O)N2c2nc3c(F)cc(F)cc3s2)c1. The van der Waals surface area contributed by atoms with Crippen LogP contribution in [0.5, 0.6) is 5.75 Å². The highest BCUT2D eigenvalue weighted by Crippen LogP contribution is 2.45. The Hall–Kier alpha value is -4.11. The van der Waals surface area contributed by atoms with E-state index in [0.717, 1.165) is 39.5 Å². The van der Waals surface area contributed by atoms with Crippen LogP contribution in [-0.2, 0) is 9.59 Å². The molecule has 1 amide bonds. The van der Waals surface area contributed by atoms with Crippen LogP contribution in [0.3, 0.4) is 0 Å². The number of aliphatic hydroxyl groups is 1. The number of hydrogen-bond donors (Lipinski definition) is 1. The molecule has 1 unspecified atom stereocenters. The summed E-state index contributed by atoms with van der Waals surface area (Å²) < 4.78 is 34.4. The molecule has 1 aliphatic rings. The van der Waals surface area contributed by atoms with Crippen LogP contribution in [0.25, 0.3) is 16.0 Å². The van der Waals surface area contributed by atoms with E-state index in [0.29, 0.717) is 29.4 Å². The van der Waals surface area contributed by atoms with Crippen LogP contribution >= 0.6 is 11.3 Å². The van der Waals surface area contributed by atoms with Crippen LogP contribution in [0.4, 0.5) is 13.9 Å². The molecule has 1 aliphatic heterocycles. The predicted octanol–water partition coefficient (Wildman–Crippen LogP) is 6.85. The van der Waals surface area contributed by atoms with Crippen LogP contribution in [0.15, 0.2) is 60.2 Å². The minimum Gasteiger partial charge on any atom is -0.507 e. The number of Topliss-reactive ketones (excluding diaryl/α,β-unsaturated/α-hetero) is 1. The zero-order valence-electron chi connectivity index (χ0n) is 21.8. The average molecular weight is 549 g/mol. The van der Waals surface area contributed by atoms with Gasteiger partial charge in [0, 0.05) is 11.6 Å². The topological polar surface area (TPSA) is 79.7 Å². The Morgan fingerprint density at radius 1 is 1.10 bits per heavy atom. The number of hydrogen-bond acceptors (Lipinski definition) is 6. The summed E-state index contributed by atoms with van der Waals surface area (Å²) >= 11 is 0.894. The van der Waals surface area contributed by atoms with E-state index in [-0.39, 0.29) is 26.7 Å². The zero-order valence-corrected chi connectivity index (χ0v) is 22.6. The van der Waals surface area contributed by atoms with Gasteiger partial charge in [-0.15, -0.1) is 0 Å². The summed E-state index contributed by atoms with van der Waals surface area (Å²) in [5.41, 5.74) is 2.32. The predicted molar refractivity (Wildman–Crippen MR) is 147 cm³/mol. The molecule has 3 aromatic carbocycles. The highest BCUT2D eigenvalue weighted by Gasteiger charge is 2.48. The van der Waals surface area contributed by atoms with Gasteiger partial charge in [0.05, 0.1) is 22.9 Å². The summed E-state index contributed by atoms with van der Waals surface area (Å²) in [5, 5.41) is 11.5. The van der Waals surface area contributed by atoms with Crippen LogP contribution in [0.2, 0.25) is 0 Å². The van der Waals surface area contributed by atoms with E-state index in [1.165, 1.54) is 0 Å². The van der Waals surface area contributed by atoms with Crippen LogP contribution in [-0.4, -0.2) is 28.4 Å². The largest absolute Gasteiger partial charge is 0.507 e. The van der Waals surface area contributed by atoms with Gasteiger partial charge in [0.15, 0.2) is 10.9 Å². The second kappa shape index (κ2) is 10.2. The first-order chi connectivity index (χ1) is 18.5. The second-order valence-corrected chi connectivity index (χ2v) is 11.0. The summed E-state index contributed by atoms with van der Waals surface area (Å²) in [7, 11) is 0. The zero-order chi connectivity index (χ0) is 28.0. The molecule has 1 saturated heterocycles. The number of halogens is 2. The molecule has 4 aromatic rings. The van der Waals surface area contributed by atoms with Crippen molar-refractivity contribution in [1.82, 2.24) is 4.98 Å². The van der Waals surface area contributed by atoms with Gasteiger partial charge in [-0.1, -0.05) is 55.0 Å². The third-order valence-electron chi connectivity index (χ3n) is 6.43. The number of nitrogens with zero attached hydrogens (tertiary/aromatic N) is 2. The molecule has 2 heterocycles. The Balaban J connectivity index is 1.67. The number of anilines is 1. The molecule has 9 heteroatoms. The number of aryl methyl sites for hydroxylation is 2. The summed E-state index contributed by atoms with van der Waals surface area (Å²) in [6, 6.07) is 13.1. The molecule has 0 saturated carbocycles. The number of rotatable bonds is 6. The Morgan fingerprint density at radius 2 is 1.87 bits per heavy atom. The van der Waals surface area contributed by atoms with E-state index in [9.17, 15) is 23.5 Å². The fraction of sp³-hybridized carbons (Fsp3) is 0.233. The molecule has 0 spiro atoms. The van der Waals surface area contributed by atoms with Crippen LogP contribution < -0.4 is 9.64 Å². The van der Waals surface area contributed by atoms with Crippen molar-refractivity contribution < 1.29 is 28.2 Å². The minimum absolute atomic E-state index is 0.0239. The highest BCUT2D eigenvalue weighted by molar-refractivity contribution is 7.22. The summed E-state index contributed by atoms with van der Waals surface area (Å²) in [5.74, 6) is -2.83. The van der Waals surface area contributed by atoms with E-state index in [2.05, 4.69) is 4.98 Å². The van der Waals surface area contributed by atoms with Gasteiger partial charge in [-0.2, -0.15) is 0 Å². The van der Waals surface area contributed by atoms with Crippen molar-refractivity contribution in [2.45, 2.75) is 33.7 Å². The van der Waals surface area contributed by atoms with Crippen molar-refractivity contribution in [2.75, 3.05) is 11.5 Å². The number of aromatic nitrogens is 1. The molecule has 1 N–H and O–H groups in total. The maximum atomic E-state index is 14.5. The van der Waals surface area contributed by atoms with Gasteiger partial charge in [-0.05, 0) is 55.2 Å². The molecular weight excluding hydrogens is 522 g/mol. The fourth-order valence-electron chi connectivity index (χ4n) is 4.60. The van der Waals surface area contributed by atoms with Crippen molar-refractivity contribution in [3.63, 3.8) is 0 Å². The number of thiazole rings is 1. The number of ether oxygens (including phenoxy) is 1. The van der Waals surface area contributed by atoms with Crippen molar-refractivity contribution >= 4 is 44.1 Å². The first-order valence-corrected chi connectivity index (χ1v) is 13.2. The Kier molecular flexibility index (Phi) is 6.94. The first-order valence-electron chi connectivity index (χ1n) is 12.4. The molecule has 1 fully saturated rings. The van der Waals surface area contributed by atoms with Crippen molar-refractivity contribution in [1.29, 1.82) is 0 Å². The molecule has 1 aromatic heterocycles. The molecular formula is C30H26F2N2O4S. The lowest BCUT2D eigenvalue weighted by Gasteiger charge is -2.23. The van der Waals surface area contributed by atoms with E-state index >= 15 is 0 Å². The highest BCUT2D eigenvalue weighted by atomic mass is 32.1. The number of aliphatic hydroxyl groups excluding tert-OH is 1. The fourth-order valence-corrected chi connectivity index (χ4v) is 5.64. The second-order valence-electron chi connectivity index (χ2n) is 10.00. The molecule has 6 nitrogen and oxygen atoms in total. The Labute approximate surface area is 228 Å². The number of amides is 1. The summed E-state index contributed by atoms with van der Waals surface area (Å²) in [6.45, 7) is 8.30. The maximum absolute atomic E-state index is 14.5. The average Bonchev–Trinajstić information content (AvgIpc) is 3.41. The molecule has 1 atom stereocenters. The van der Waals surface area contributed by atoms with Gasteiger partial charge in [-0.25, -0.2) is 13.8 Å². The van der Waals surface area contributed by atoms with E-state index in [1.807, 2.05) is 33.8 Å². The summed E-state index contributed by atoms with van der Waals surface area (Å²) in [4.78, 5) is 32.3. The van der Waals surface area contributed by atoms with Gasteiger partial charge in [0.2, 0.25) is 0 Å². The van der Waals surface area contributed by atoms with E-state index in [1.54, 1.807) is 36.4 Å². The lowest BCUT2D eigenvalue weighted by molar-refractivity contribution is -0.132. The van der Waals surface area contributed by atoms with Crippen LogP contribution in [0, 0.1) is 31.4 Å². The number of benzene rings is 3. The Bertz CT molecular complexity index is 1660. The summed E-state index contributed by atoms with van der Waals surface area (Å²) in [6.07, 6.45) is 0. The maximum Gasteiger partial charge on any atom is 0.301 e. The quantitative estimate of drug-likeness (QED) is 0.162. The van der Waals surface area contributed by atoms with E-state index in [4.69, 9.17) is 4.74 Å². The van der Waals surface area contributed by atoms with Gasteiger partial charge >= 0.3 is 5.91 Å².